The maximum absolute atomic E-state index is 13.5. The number of carbonyl (C=O) groups is 1. The smallest absolute Gasteiger partial charge is 0.260 e. The van der Waals surface area contributed by atoms with Crippen molar-refractivity contribution in [3.63, 3.8) is 0 Å². The summed E-state index contributed by atoms with van der Waals surface area (Å²) in [7, 11) is -1.78. The highest BCUT2D eigenvalue weighted by Gasteiger charge is 2.24. The van der Waals surface area contributed by atoms with Crippen molar-refractivity contribution in [2.75, 3.05) is 43.9 Å². The van der Waals surface area contributed by atoms with Crippen LogP contribution in [0.25, 0.3) is 10.2 Å². The van der Waals surface area contributed by atoms with E-state index in [9.17, 15) is 13.2 Å². The molecule has 0 aliphatic carbocycles. The number of anilines is 1. The van der Waals surface area contributed by atoms with E-state index in [-0.39, 0.29) is 16.6 Å². The Hall–Kier alpha value is -2.20. The Morgan fingerprint density at radius 1 is 1.06 bits per heavy atom. The predicted molar refractivity (Wildman–Crippen MR) is 135 cm³/mol. The summed E-state index contributed by atoms with van der Waals surface area (Å²) in [6, 6.07) is 9.56. The zero-order valence-corrected chi connectivity index (χ0v) is 21.6. The standard InChI is InChI=1S/C23H28ClN3O4S2/c1-5-26(6-2)14-15-27(22(28)16-8-10-17(11-9-16)33(29,30)7-3)23-25-20-19(31-4)13-12-18(24)21(20)32-23/h8-13H,5-7,14-15H2,1-4H3. The van der Waals surface area contributed by atoms with Crippen molar-refractivity contribution in [1.29, 1.82) is 0 Å². The monoisotopic (exact) mass is 509 g/mol. The quantitative estimate of drug-likeness (QED) is 0.392. The third-order valence-corrected chi connectivity index (χ3v) is 8.81. The number of amides is 1. The predicted octanol–water partition coefficient (Wildman–Crippen LogP) is 4.74. The molecule has 0 bridgehead atoms. The minimum absolute atomic E-state index is 0.00455. The molecule has 178 valence electrons. The Balaban J connectivity index is 2.02. The molecule has 1 amide bonds. The number of carbonyl (C=O) groups excluding carboxylic acids is 1. The van der Waals surface area contributed by atoms with E-state index in [1.165, 1.54) is 23.5 Å². The molecule has 0 N–H and O–H groups in total. The maximum atomic E-state index is 13.5. The summed E-state index contributed by atoms with van der Waals surface area (Å²) in [4.78, 5) is 22.3. The Labute approximate surface area is 203 Å². The van der Waals surface area contributed by atoms with E-state index in [1.54, 1.807) is 43.2 Å². The van der Waals surface area contributed by atoms with Gasteiger partial charge in [-0.05, 0) is 49.5 Å². The van der Waals surface area contributed by atoms with Crippen LogP contribution in [0.4, 0.5) is 5.13 Å². The molecule has 7 nitrogen and oxygen atoms in total. The van der Waals surface area contributed by atoms with Crippen molar-refractivity contribution in [3.8, 4) is 5.75 Å². The highest BCUT2D eigenvalue weighted by Crippen LogP contribution is 2.39. The van der Waals surface area contributed by atoms with Crippen LogP contribution in [0.1, 0.15) is 31.1 Å². The lowest BCUT2D eigenvalue weighted by atomic mass is 10.2. The maximum Gasteiger partial charge on any atom is 0.260 e. The molecule has 1 aromatic heterocycles. The molecular formula is C23H28ClN3O4S2. The number of benzene rings is 2. The van der Waals surface area contributed by atoms with Gasteiger partial charge in [-0.1, -0.05) is 43.7 Å². The van der Waals surface area contributed by atoms with Gasteiger partial charge in [0.15, 0.2) is 15.0 Å². The first-order chi connectivity index (χ1) is 15.7. The number of aromatic nitrogens is 1. The molecule has 3 rings (SSSR count). The van der Waals surface area contributed by atoms with E-state index in [0.717, 1.165) is 17.8 Å². The van der Waals surface area contributed by atoms with Crippen molar-refractivity contribution >= 4 is 54.0 Å². The Morgan fingerprint density at radius 3 is 2.30 bits per heavy atom. The third kappa shape index (κ3) is 5.48. The average Bonchev–Trinajstić information content (AvgIpc) is 3.28. The number of hydrogen-bond donors (Lipinski definition) is 0. The minimum Gasteiger partial charge on any atom is -0.494 e. The van der Waals surface area contributed by atoms with Gasteiger partial charge < -0.3 is 9.64 Å². The first-order valence-electron chi connectivity index (χ1n) is 10.8. The number of methoxy groups -OCH3 is 1. The van der Waals surface area contributed by atoms with Crippen LogP contribution in [0, 0.1) is 0 Å². The molecule has 0 saturated heterocycles. The second kappa shape index (κ2) is 10.8. The summed E-state index contributed by atoms with van der Waals surface area (Å²) in [5, 5.41) is 1.05. The largest absolute Gasteiger partial charge is 0.494 e. The van der Waals surface area contributed by atoms with Gasteiger partial charge in [0.1, 0.15) is 11.3 Å². The first-order valence-corrected chi connectivity index (χ1v) is 13.6. The van der Waals surface area contributed by atoms with Gasteiger partial charge >= 0.3 is 0 Å². The lowest BCUT2D eigenvalue weighted by molar-refractivity contribution is 0.0983. The first kappa shape index (κ1) is 25.4. The highest BCUT2D eigenvalue weighted by molar-refractivity contribution is 7.91. The van der Waals surface area contributed by atoms with Gasteiger partial charge in [0.05, 0.1) is 27.5 Å². The van der Waals surface area contributed by atoms with Crippen LogP contribution in [-0.2, 0) is 9.84 Å². The molecule has 0 aliphatic rings. The minimum atomic E-state index is -3.34. The van der Waals surface area contributed by atoms with Crippen LogP contribution in [0.2, 0.25) is 5.02 Å². The molecule has 0 saturated carbocycles. The molecule has 0 aliphatic heterocycles. The number of hydrogen-bond acceptors (Lipinski definition) is 7. The van der Waals surface area contributed by atoms with Crippen molar-refractivity contribution in [2.45, 2.75) is 25.7 Å². The number of nitrogens with zero attached hydrogens (tertiary/aromatic N) is 3. The summed E-state index contributed by atoms with van der Waals surface area (Å²) in [6.07, 6.45) is 0. The summed E-state index contributed by atoms with van der Waals surface area (Å²) in [5.41, 5.74) is 0.997. The number of fused-ring (bicyclic) bond motifs is 1. The fourth-order valence-electron chi connectivity index (χ4n) is 3.41. The number of sulfone groups is 1. The Bertz CT molecular complexity index is 1220. The van der Waals surface area contributed by atoms with E-state index in [1.807, 2.05) is 0 Å². The van der Waals surface area contributed by atoms with Crippen molar-refractivity contribution in [3.05, 3.63) is 47.0 Å². The summed E-state index contributed by atoms with van der Waals surface area (Å²) in [5.74, 6) is 0.337. The van der Waals surface area contributed by atoms with Crippen LogP contribution in [-0.4, -0.2) is 63.3 Å². The molecule has 0 fully saturated rings. The van der Waals surface area contributed by atoms with Gasteiger partial charge in [-0.3, -0.25) is 9.69 Å². The zero-order valence-electron chi connectivity index (χ0n) is 19.2. The second-order valence-electron chi connectivity index (χ2n) is 7.34. The van der Waals surface area contributed by atoms with E-state index >= 15 is 0 Å². The third-order valence-electron chi connectivity index (χ3n) is 5.52. The van der Waals surface area contributed by atoms with Gasteiger partial charge in [-0.15, -0.1) is 0 Å². The van der Waals surface area contributed by atoms with E-state index < -0.39 is 9.84 Å². The SMILES string of the molecule is CCN(CC)CCN(C(=O)c1ccc(S(=O)(=O)CC)cc1)c1nc2c(OC)ccc(Cl)c2s1. The van der Waals surface area contributed by atoms with Crippen molar-refractivity contribution in [2.24, 2.45) is 0 Å². The summed E-state index contributed by atoms with van der Waals surface area (Å²) in [6.45, 7) is 8.56. The lowest BCUT2D eigenvalue weighted by Crippen LogP contribution is -2.38. The average molecular weight is 510 g/mol. The molecular weight excluding hydrogens is 482 g/mol. The Morgan fingerprint density at radius 2 is 1.73 bits per heavy atom. The Kier molecular flexibility index (Phi) is 8.33. The highest BCUT2D eigenvalue weighted by atomic mass is 35.5. The lowest BCUT2D eigenvalue weighted by Gasteiger charge is -2.24. The second-order valence-corrected chi connectivity index (χ2v) is 11.0. The van der Waals surface area contributed by atoms with Gasteiger partial charge in [-0.25, -0.2) is 13.4 Å². The van der Waals surface area contributed by atoms with Gasteiger partial charge in [0.25, 0.3) is 5.91 Å². The number of thiazole rings is 1. The van der Waals surface area contributed by atoms with Crippen molar-refractivity contribution in [1.82, 2.24) is 9.88 Å². The number of likely N-dealkylation sites (N-methyl/N-ethyl adjacent to an activating group) is 1. The summed E-state index contributed by atoms with van der Waals surface area (Å²) < 4.78 is 30.5. The fourth-order valence-corrected chi connectivity index (χ4v) is 5.58. The molecule has 0 atom stereocenters. The topological polar surface area (TPSA) is 79.8 Å². The van der Waals surface area contributed by atoms with Crippen molar-refractivity contribution < 1.29 is 17.9 Å². The number of halogens is 1. The van der Waals surface area contributed by atoms with Gasteiger partial charge in [0.2, 0.25) is 0 Å². The van der Waals surface area contributed by atoms with E-state index in [4.69, 9.17) is 21.3 Å². The molecule has 33 heavy (non-hydrogen) atoms. The molecule has 0 spiro atoms. The van der Waals surface area contributed by atoms with Crippen LogP contribution in [0.15, 0.2) is 41.3 Å². The van der Waals surface area contributed by atoms with Gasteiger partial charge in [-0.2, -0.15) is 0 Å². The molecule has 1 heterocycles. The zero-order chi connectivity index (χ0) is 24.2. The summed E-state index contributed by atoms with van der Waals surface area (Å²) >= 11 is 7.72. The molecule has 2 aromatic carbocycles. The van der Waals surface area contributed by atoms with Gasteiger partial charge in [0, 0.05) is 18.7 Å². The fraction of sp³-hybridized carbons (Fsp3) is 0.391. The molecule has 0 unspecified atom stereocenters. The molecule has 0 radical (unpaired) electrons. The van der Waals surface area contributed by atoms with Crippen LogP contribution >= 0.6 is 22.9 Å². The van der Waals surface area contributed by atoms with E-state index in [2.05, 4.69) is 18.7 Å². The van der Waals surface area contributed by atoms with Crippen LogP contribution in [0.3, 0.4) is 0 Å². The van der Waals surface area contributed by atoms with E-state index in [0.29, 0.717) is 40.1 Å². The molecule has 3 aromatic rings. The normalized spacial score (nSPS) is 11.8. The number of ether oxygens (including phenoxy) is 1. The number of rotatable bonds is 10. The van der Waals surface area contributed by atoms with Crippen LogP contribution in [0.5, 0.6) is 5.75 Å². The van der Waals surface area contributed by atoms with Crippen LogP contribution < -0.4 is 9.64 Å². The molecule has 10 heteroatoms.